The van der Waals surface area contributed by atoms with Crippen LogP contribution in [0.2, 0.25) is 0 Å². The zero-order chi connectivity index (χ0) is 13.0. The molecule has 1 aromatic heterocycles. The molecule has 100 valence electrons. The Morgan fingerprint density at radius 1 is 1.61 bits per heavy atom. The summed E-state index contributed by atoms with van der Waals surface area (Å²) in [6.45, 7) is 2.85. The Morgan fingerprint density at radius 2 is 2.39 bits per heavy atom. The smallest absolute Gasteiger partial charge is 0.315 e. The highest BCUT2D eigenvalue weighted by molar-refractivity contribution is 7.11. The van der Waals surface area contributed by atoms with Gasteiger partial charge in [0, 0.05) is 17.6 Å². The van der Waals surface area contributed by atoms with E-state index in [9.17, 15) is 9.90 Å². The van der Waals surface area contributed by atoms with E-state index in [1.807, 2.05) is 6.20 Å². The van der Waals surface area contributed by atoms with Crippen LogP contribution in [-0.4, -0.2) is 28.8 Å². The number of thiazole rings is 1. The van der Waals surface area contributed by atoms with Crippen LogP contribution in [0.4, 0.5) is 4.79 Å². The van der Waals surface area contributed by atoms with Gasteiger partial charge >= 0.3 is 6.03 Å². The molecular weight excluding hydrogens is 250 g/mol. The molecule has 0 saturated heterocycles. The number of nitrogens with one attached hydrogen (secondary N) is 2. The highest BCUT2D eigenvalue weighted by Gasteiger charge is 2.29. The number of aliphatic hydroxyl groups excluding tert-OH is 1. The largest absolute Gasteiger partial charge is 0.391 e. The molecule has 1 aromatic rings. The van der Waals surface area contributed by atoms with E-state index >= 15 is 0 Å². The first-order valence-electron chi connectivity index (χ1n) is 6.32. The molecule has 0 aliphatic heterocycles. The van der Waals surface area contributed by atoms with Crippen molar-refractivity contribution in [3.05, 3.63) is 16.1 Å². The predicted molar refractivity (Wildman–Crippen MR) is 70.5 cm³/mol. The van der Waals surface area contributed by atoms with Crippen LogP contribution in [0.15, 0.2) is 6.20 Å². The van der Waals surface area contributed by atoms with Crippen molar-refractivity contribution in [2.45, 2.75) is 38.8 Å². The lowest BCUT2D eigenvalue weighted by Gasteiger charge is -2.10. The summed E-state index contributed by atoms with van der Waals surface area (Å²) in [5.74, 6) is 0.386. The van der Waals surface area contributed by atoms with Gasteiger partial charge in [-0.3, -0.25) is 0 Å². The van der Waals surface area contributed by atoms with E-state index in [2.05, 4.69) is 22.5 Å². The lowest BCUT2D eigenvalue weighted by Crippen LogP contribution is -2.39. The number of hydrogen-bond donors (Lipinski definition) is 3. The van der Waals surface area contributed by atoms with Crippen molar-refractivity contribution in [1.82, 2.24) is 15.6 Å². The molecule has 2 amide bonds. The van der Waals surface area contributed by atoms with Gasteiger partial charge in [0.1, 0.15) is 5.01 Å². The molecule has 1 heterocycles. The fourth-order valence-corrected chi connectivity index (χ4v) is 2.46. The minimum absolute atomic E-state index is 0.247. The van der Waals surface area contributed by atoms with Crippen molar-refractivity contribution >= 4 is 17.4 Å². The van der Waals surface area contributed by atoms with Gasteiger partial charge in [0.25, 0.3) is 0 Å². The minimum Gasteiger partial charge on any atom is -0.391 e. The molecule has 3 N–H and O–H groups in total. The van der Waals surface area contributed by atoms with Gasteiger partial charge in [-0.15, -0.1) is 11.3 Å². The highest BCUT2D eigenvalue weighted by Crippen LogP contribution is 2.32. The van der Waals surface area contributed by atoms with Crippen molar-refractivity contribution in [3.63, 3.8) is 0 Å². The van der Waals surface area contributed by atoms with Gasteiger partial charge in [0.05, 0.1) is 12.6 Å². The summed E-state index contributed by atoms with van der Waals surface area (Å²) in [5, 5.41) is 15.9. The molecule has 0 spiro atoms. The first-order valence-corrected chi connectivity index (χ1v) is 7.14. The average Bonchev–Trinajstić information content (AvgIpc) is 3.13. The van der Waals surface area contributed by atoms with Gasteiger partial charge in [-0.05, 0) is 25.2 Å². The Hall–Kier alpha value is -1.14. The minimum atomic E-state index is -0.401. The molecule has 1 saturated carbocycles. The topological polar surface area (TPSA) is 74.2 Å². The summed E-state index contributed by atoms with van der Waals surface area (Å²) in [5.41, 5.74) is 0. The van der Waals surface area contributed by atoms with Crippen LogP contribution >= 0.6 is 11.3 Å². The fourth-order valence-electron chi connectivity index (χ4n) is 1.66. The van der Waals surface area contributed by atoms with Crippen LogP contribution in [0.3, 0.4) is 0 Å². The highest BCUT2D eigenvalue weighted by atomic mass is 32.1. The molecule has 1 aliphatic rings. The summed E-state index contributed by atoms with van der Waals surface area (Å²) in [4.78, 5) is 16.9. The number of aliphatic hydroxyl groups is 1. The zero-order valence-corrected chi connectivity index (χ0v) is 11.3. The quantitative estimate of drug-likeness (QED) is 0.728. The molecule has 1 aliphatic carbocycles. The number of aryl methyl sites for hydroxylation is 1. The van der Waals surface area contributed by atoms with E-state index in [0.717, 1.165) is 24.3 Å². The number of nitrogens with zero attached hydrogens (tertiary/aromatic N) is 1. The van der Waals surface area contributed by atoms with Gasteiger partial charge in [0.2, 0.25) is 0 Å². The summed E-state index contributed by atoms with van der Waals surface area (Å²) < 4.78 is 0. The molecule has 0 aromatic carbocycles. The lowest BCUT2D eigenvalue weighted by molar-refractivity contribution is 0.149. The van der Waals surface area contributed by atoms with Crippen molar-refractivity contribution < 1.29 is 9.90 Å². The monoisotopic (exact) mass is 269 g/mol. The first-order chi connectivity index (χ1) is 8.69. The molecule has 5 nitrogen and oxygen atoms in total. The van der Waals surface area contributed by atoms with Gasteiger partial charge in [-0.2, -0.15) is 0 Å². The predicted octanol–water partition coefficient (Wildman–Crippen LogP) is 1.28. The average molecular weight is 269 g/mol. The number of carbonyl (C=O) groups excluding carboxylic acids is 1. The number of amides is 2. The second-order valence-electron chi connectivity index (χ2n) is 4.54. The maximum Gasteiger partial charge on any atom is 0.315 e. The van der Waals surface area contributed by atoms with Crippen LogP contribution in [0.1, 0.15) is 29.7 Å². The zero-order valence-electron chi connectivity index (χ0n) is 10.5. The number of aromatic nitrogens is 1. The maximum absolute atomic E-state index is 11.5. The SMILES string of the molecule is CCc1cnc(CNC(=O)NCC(O)C2CC2)s1. The second-order valence-corrected chi connectivity index (χ2v) is 5.74. The van der Waals surface area contributed by atoms with E-state index in [0.29, 0.717) is 19.0 Å². The van der Waals surface area contributed by atoms with Crippen molar-refractivity contribution in [3.8, 4) is 0 Å². The van der Waals surface area contributed by atoms with Crippen LogP contribution in [0.5, 0.6) is 0 Å². The maximum atomic E-state index is 11.5. The second kappa shape index (κ2) is 6.15. The van der Waals surface area contributed by atoms with Crippen molar-refractivity contribution in [1.29, 1.82) is 0 Å². The number of hydrogen-bond acceptors (Lipinski definition) is 4. The summed E-state index contributed by atoms with van der Waals surface area (Å²) in [7, 11) is 0. The Kier molecular flexibility index (Phi) is 4.54. The van der Waals surface area contributed by atoms with Gasteiger partial charge < -0.3 is 15.7 Å². The van der Waals surface area contributed by atoms with E-state index in [1.54, 1.807) is 11.3 Å². The molecule has 1 atom stereocenters. The third-order valence-electron chi connectivity index (χ3n) is 2.99. The Morgan fingerprint density at radius 3 is 3.00 bits per heavy atom. The molecule has 1 unspecified atom stereocenters. The number of carbonyl (C=O) groups is 1. The third kappa shape index (κ3) is 3.96. The molecule has 6 heteroatoms. The van der Waals surface area contributed by atoms with Crippen LogP contribution in [0, 0.1) is 5.92 Å². The Bertz CT molecular complexity index is 404. The molecule has 0 bridgehead atoms. The molecule has 18 heavy (non-hydrogen) atoms. The van der Waals surface area contributed by atoms with Gasteiger partial charge in [0.15, 0.2) is 0 Å². The molecule has 1 fully saturated rings. The summed E-state index contributed by atoms with van der Waals surface area (Å²) in [6, 6.07) is -0.247. The third-order valence-corrected chi connectivity index (χ3v) is 4.13. The van der Waals surface area contributed by atoms with E-state index in [1.165, 1.54) is 4.88 Å². The fraction of sp³-hybridized carbons (Fsp3) is 0.667. The normalized spacial score (nSPS) is 16.3. The van der Waals surface area contributed by atoms with E-state index < -0.39 is 6.10 Å². The van der Waals surface area contributed by atoms with Crippen molar-refractivity contribution in [2.75, 3.05) is 6.54 Å². The standard InChI is InChI=1S/C12H19N3O2S/c1-2-9-5-13-11(18-9)7-15-12(17)14-6-10(16)8-3-4-8/h5,8,10,16H,2-4,6-7H2,1H3,(H2,14,15,17). The lowest BCUT2D eigenvalue weighted by atomic mass is 10.2. The number of rotatable bonds is 6. The molecular formula is C12H19N3O2S. The summed E-state index contributed by atoms with van der Waals surface area (Å²) in [6.07, 6.45) is 4.56. The first kappa shape index (κ1) is 13.3. The van der Waals surface area contributed by atoms with E-state index in [-0.39, 0.29) is 6.03 Å². The van der Waals surface area contributed by atoms with Crippen molar-refractivity contribution in [2.24, 2.45) is 5.92 Å². The molecule has 0 radical (unpaired) electrons. The summed E-state index contributed by atoms with van der Waals surface area (Å²) >= 11 is 1.61. The Balaban J connectivity index is 1.64. The van der Waals surface area contributed by atoms with Crippen LogP contribution in [0.25, 0.3) is 0 Å². The Labute approximate surface area is 111 Å². The van der Waals surface area contributed by atoms with Gasteiger partial charge in [-0.25, -0.2) is 9.78 Å². The van der Waals surface area contributed by atoms with E-state index in [4.69, 9.17) is 0 Å². The van der Waals surface area contributed by atoms with Gasteiger partial charge in [-0.1, -0.05) is 6.92 Å². The van der Waals surface area contributed by atoms with Crippen LogP contribution < -0.4 is 10.6 Å². The molecule has 2 rings (SSSR count). The van der Waals surface area contributed by atoms with Crippen LogP contribution in [-0.2, 0) is 13.0 Å². The number of urea groups is 1.